The molecule has 0 saturated carbocycles. The Labute approximate surface area is 351 Å². The van der Waals surface area contributed by atoms with Crippen LogP contribution in [0.5, 0.6) is 0 Å². The Bertz CT molecular complexity index is 2320. The summed E-state index contributed by atoms with van der Waals surface area (Å²) in [6, 6.07) is 28.0. The molecule has 2 heterocycles. The van der Waals surface area contributed by atoms with Crippen LogP contribution in [-0.4, -0.2) is 50.4 Å². The molecule has 1 amide bonds. The van der Waals surface area contributed by atoms with E-state index in [1.807, 2.05) is 56.0 Å². The average molecular weight is 864 g/mol. The molecule has 1 saturated heterocycles. The highest BCUT2D eigenvalue weighted by Gasteiger charge is 2.47. The van der Waals surface area contributed by atoms with E-state index < -0.39 is 35.7 Å². The summed E-state index contributed by atoms with van der Waals surface area (Å²) in [4.78, 5) is 20.6. The van der Waals surface area contributed by atoms with Crippen LogP contribution in [0.2, 0.25) is 18.1 Å². The van der Waals surface area contributed by atoms with Gasteiger partial charge in [-0.3, -0.25) is 9.62 Å². The molecule has 1 aliphatic heterocycles. The van der Waals surface area contributed by atoms with E-state index in [2.05, 4.69) is 55.7 Å². The monoisotopic (exact) mass is 863 g/mol. The van der Waals surface area contributed by atoms with Gasteiger partial charge in [0, 0.05) is 28.2 Å². The Morgan fingerprint density at radius 3 is 2.05 bits per heavy atom. The number of likely N-dealkylation sites (tertiary alicyclic amines) is 1. The second-order valence-electron chi connectivity index (χ2n) is 17.5. The minimum absolute atomic E-state index is 0.0448. The van der Waals surface area contributed by atoms with Gasteiger partial charge in [0.05, 0.1) is 28.3 Å². The number of nitrogens with zero attached hydrogens (tertiary/aromatic N) is 2. The molecule has 8 nitrogen and oxygen atoms in total. The highest BCUT2D eigenvalue weighted by molar-refractivity contribution is 7.92. The van der Waals surface area contributed by atoms with E-state index in [1.54, 1.807) is 29.6 Å². The van der Waals surface area contributed by atoms with Crippen LogP contribution in [0.1, 0.15) is 77.2 Å². The van der Waals surface area contributed by atoms with Crippen molar-refractivity contribution < 1.29 is 35.5 Å². The van der Waals surface area contributed by atoms with Gasteiger partial charge >= 0.3 is 12.3 Å². The fourth-order valence-electron chi connectivity index (χ4n) is 6.86. The molecular weight excluding hydrogens is 812 g/mol. The van der Waals surface area contributed by atoms with Crippen molar-refractivity contribution in [2.24, 2.45) is 0 Å². The maximum absolute atomic E-state index is 14.1. The first-order chi connectivity index (χ1) is 27.5. The first-order valence-corrected chi connectivity index (χ1v) is 24.9. The largest absolute Gasteiger partial charge is 0.444 e. The van der Waals surface area contributed by atoms with Crippen LogP contribution in [0.15, 0.2) is 113 Å². The number of benzene rings is 4. The first-order valence-electron chi connectivity index (χ1n) is 19.6. The SMILES string of the molecule is CC(C)(C)OC(=O)N1[C@@H](Cc2ccc(NS(=O)(=O)c3ccc(-c4nc(-c5ccc(C(F)(F)F)cc5)cs4)cc3)cc2)CC[C@@H]1[C@H](O[Si](C)(C)C(C)(C)C)c1ccccc1. The molecule has 4 aromatic carbocycles. The van der Waals surface area contributed by atoms with Gasteiger partial charge in [0.1, 0.15) is 10.6 Å². The van der Waals surface area contributed by atoms with Crippen molar-refractivity contribution >= 4 is 41.5 Å². The summed E-state index contributed by atoms with van der Waals surface area (Å²) in [5.74, 6) is 0. The zero-order valence-corrected chi connectivity index (χ0v) is 37.3. The number of thiazole rings is 1. The minimum Gasteiger partial charge on any atom is -0.444 e. The summed E-state index contributed by atoms with van der Waals surface area (Å²) in [5, 5.41) is 2.31. The Morgan fingerprint density at radius 1 is 0.864 bits per heavy atom. The third-order valence-electron chi connectivity index (χ3n) is 11.0. The number of rotatable bonds is 11. The molecule has 0 radical (unpaired) electrons. The van der Waals surface area contributed by atoms with Gasteiger partial charge in [-0.2, -0.15) is 13.2 Å². The molecule has 6 rings (SSSR count). The van der Waals surface area contributed by atoms with Crippen molar-refractivity contribution in [3.63, 3.8) is 0 Å². The number of halogens is 3. The van der Waals surface area contributed by atoms with Crippen LogP contribution in [0, 0.1) is 0 Å². The molecule has 5 aromatic rings. The molecule has 1 aliphatic rings. The molecule has 0 aliphatic carbocycles. The summed E-state index contributed by atoms with van der Waals surface area (Å²) in [7, 11) is -6.22. The summed E-state index contributed by atoms with van der Waals surface area (Å²) in [6.45, 7) is 16.7. The second kappa shape index (κ2) is 16.9. The van der Waals surface area contributed by atoms with E-state index >= 15 is 0 Å². The lowest BCUT2D eigenvalue weighted by Crippen LogP contribution is -2.50. The summed E-state index contributed by atoms with van der Waals surface area (Å²) < 4.78 is 81.7. The van der Waals surface area contributed by atoms with Crippen molar-refractivity contribution in [1.29, 1.82) is 0 Å². The Kier molecular flexibility index (Phi) is 12.6. The van der Waals surface area contributed by atoms with Crippen molar-refractivity contribution in [3.05, 3.63) is 125 Å². The van der Waals surface area contributed by atoms with Gasteiger partial charge in [0.2, 0.25) is 0 Å². The van der Waals surface area contributed by atoms with Crippen LogP contribution in [0.4, 0.5) is 23.7 Å². The van der Waals surface area contributed by atoms with Crippen molar-refractivity contribution in [2.75, 3.05) is 4.72 Å². The number of amides is 1. The Morgan fingerprint density at radius 2 is 1.47 bits per heavy atom. The lowest BCUT2D eigenvalue weighted by Gasteiger charge is -2.43. The quantitative estimate of drug-likeness (QED) is 0.133. The number of anilines is 1. The fourth-order valence-corrected chi connectivity index (χ4v) is 10.0. The predicted octanol–water partition coefficient (Wildman–Crippen LogP) is 12.4. The lowest BCUT2D eigenvalue weighted by molar-refractivity contribution is -0.137. The maximum Gasteiger partial charge on any atom is 0.416 e. The molecule has 59 heavy (non-hydrogen) atoms. The minimum atomic E-state index is -4.42. The molecule has 1 aromatic heterocycles. The second-order valence-corrected chi connectivity index (χ2v) is 24.8. The van der Waals surface area contributed by atoms with Gasteiger partial charge in [0.25, 0.3) is 10.0 Å². The van der Waals surface area contributed by atoms with E-state index in [1.165, 1.54) is 35.6 Å². The number of hydrogen-bond acceptors (Lipinski definition) is 7. The molecule has 0 bridgehead atoms. The van der Waals surface area contributed by atoms with Crippen LogP contribution in [0.3, 0.4) is 0 Å². The summed E-state index contributed by atoms with van der Waals surface area (Å²) in [6.07, 6.45) is -3.12. The third kappa shape index (κ3) is 10.6. The normalized spacial score (nSPS) is 17.2. The third-order valence-corrected chi connectivity index (χ3v) is 17.7. The number of alkyl halides is 3. The van der Waals surface area contributed by atoms with E-state index in [-0.39, 0.29) is 34.2 Å². The molecule has 1 N–H and O–H groups in total. The topological polar surface area (TPSA) is 97.8 Å². The van der Waals surface area contributed by atoms with Crippen LogP contribution in [0.25, 0.3) is 21.8 Å². The number of ether oxygens (including phenoxy) is 1. The van der Waals surface area contributed by atoms with Crippen LogP contribution >= 0.6 is 11.3 Å². The smallest absolute Gasteiger partial charge is 0.416 e. The molecule has 14 heteroatoms. The summed E-state index contributed by atoms with van der Waals surface area (Å²) in [5.41, 5.74) is 2.67. The number of carbonyl (C=O) groups excluding carboxylic acids is 1. The van der Waals surface area contributed by atoms with E-state index in [9.17, 15) is 26.4 Å². The highest BCUT2D eigenvalue weighted by Crippen LogP contribution is 2.45. The van der Waals surface area contributed by atoms with E-state index in [4.69, 9.17) is 9.16 Å². The Hall–Kier alpha value is -4.50. The molecule has 0 spiro atoms. The zero-order valence-electron chi connectivity index (χ0n) is 34.6. The predicted molar refractivity (Wildman–Crippen MR) is 231 cm³/mol. The van der Waals surface area contributed by atoms with Gasteiger partial charge in [-0.1, -0.05) is 87.5 Å². The molecule has 1 fully saturated rings. The fraction of sp³-hybridized carbons (Fsp3) is 0.378. The number of aromatic nitrogens is 1. The van der Waals surface area contributed by atoms with Gasteiger partial charge in [-0.25, -0.2) is 18.2 Å². The van der Waals surface area contributed by atoms with Gasteiger partial charge in [0.15, 0.2) is 8.32 Å². The number of hydrogen-bond donors (Lipinski definition) is 1. The van der Waals surface area contributed by atoms with Crippen LogP contribution in [-0.2, 0) is 31.8 Å². The van der Waals surface area contributed by atoms with E-state index in [0.29, 0.717) is 33.9 Å². The van der Waals surface area contributed by atoms with Crippen LogP contribution < -0.4 is 4.72 Å². The lowest BCUT2D eigenvalue weighted by atomic mass is 10.0. The average Bonchev–Trinajstić information content (AvgIpc) is 3.82. The molecule has 3 atom stereocenters. The molecule has 0 unspecified atom stereocenters. The number of nitrogens with one attached hydrogen (secondary N) is 1. The van der Waals surface area contributed by atoms with Gasteiger partial charge < -0.3 is 9.16 Å². The molecular formula is C45H52F3N3O5S2Si. The van der Waals surface area contributed by atoms with Crippen molar-refractivity contribution in [3.8, 4) is 21.8 Å². The van der Waals surface area contributed by atoms with Crippen molar-refractivity contribution in [1.82, 2.24) is 9.88 Å². The zero-order chi connectivity index (χ0) is 43.0. The highest BCUT2D eigenvalue weighted by atomic mass is 32.2. The first kappa shape index (κ1) is 44.1. The molecule has 314 valence electrons. The summed E-state index contributed by atoms with van der Waals surface area (Å²) >= 11 is 1.31. The Balaban J connectivity index is 1.16. The van der Waals surface area contributed by atoms with Gasteiger partial charge in [-0.15, -0.1) is 11.3 Å². The van der Waals surface area contributed by atoms with Gasteiger partial charge in [-0.05, 0) is 106 Å². The number of sulfonamides is 1. The number of carbonyl (C=O) groups is 1. The maximum atomic E-state index is 14.1. The van der Waals surface area contributed by atoms with Crippen molar-refractivity contribution in [2.45, 2.75) is 114 Å². The van der Waals surface area contributed by atoms with E-state index in [0.717, 1.165) is 36.1 Å². The standard InChI is InChI=1S/C45H52F3N3O5S2Si/c1-43(2,3)55-42(52)51-36(24-27-39(51)40(32-12-10-9-11-13-32)56-59(7,8)44(4,5)6)28-30-14-22-35(23-15-30)50-58(53,54)37-25-18-33(19-26-37)41-49-38(29-57-41)31-16-20-34(21-17-31)45(46,47)48/h9-23,25-26,29,36,39-40,50H,24,27-28H2,1-8H3/t36-,39-,40-/m1/s1.